The van der Waals surface area contributed by atoms with Gasteiger partial charge in [0.05, 0.1) is 12.1 Å². The van der Waals surface area contributed by atoms with Crippen LogP contribution in [0.5, 0.6) is 5.75 Å². The van der Waals surface area contributed by atoms with E-state index in [1.807, 2.05) is 0 Å². The lowest BCUT2D eigenvalue weighted by Crippen LogP contribution is -1.85. The third-order valence-corrected chi connectivity index (χ3v) is 1.68. The van der Waals surface area contributed by atoms with Gasteiger partial charge in [0.15, 0.2) is 5.82 Å². The second kappa shape index (κ2) is 4.03. The fourth-order valence-corrected chi connectivity index (χ4v) is 1.04. The number of halogens is 2. The summed E-state index contributed by atoms with van der Waals surface area (Å²) in [5.41, 5.74) is -0.142. The molecule has 0 atom stereocenters. The lowest BCUT2D eigenvalue weighted by atomic mass is 10.3. The molecule has 0 unspecified atom stereocenters. The molecule has 0 radical (unpaired) electrons. The highest BCUT2D eigenvalue weighted by molar-refractivity contribution is 6.32. The number of aliphatic imine (C=N–C) groups is 1. The van der Waals surface area contributed by atoms with E-state index in [1.165, 1.54) is 19.3 Å². The van der Waals surface area contributed by atoms with Crippen LogP contribution in [0.3, 0.4) is 0 Å². The Morgan fingerprint density at radius 1 is 1.62 bits per heavy atom. The van der Waals surface area contributed by atoms with Gasteiger partial charge in [-0.3, -0.25) is 0 Å². The number of isocyanates is 1. The number of hydrogen-bond acceptors (Lipinski definition) is 3. The van der Waals surface area contributed by atoms with Gasteiger partial charge < -0.3 is 4.74 Å². The van der Waals surface area contributed by atoms with Crippen molar-refractivity contribution in [3.8, 4) is 5.75 Å². The van der Waals surface area contributed by atoms with Crippen LogP contribution in [0, 0.1) is 5.82 Å². The number of benzene rings is 1. The second-order valence-corrected chi connectivity index (χ2v) is 2.55. The summed E-state index contributed by atoms with van der Waals surface area (Å²) >= 11 is 5.60. The summed E-state index contributed by atoms with van der Waals surface area (Å²) in [7, 11) is 1.38. The fraction of sp³-hybridized carbons (Fsp3) is 0.125. The normalized spacial score (nSPS) is 9.15. The molecule has 0 fully saturated rings. The predicted octanol–water partition coefficient (Wildman–Crippen LogP) is 2.46. The molecule has 0 spiro atoms. The zero-order valence-electron chi connectivity index (χ0n) is 6.67. The van der Waals surface area contributed by atoms with Crippen molar-refractivity contribution in [3.63, 3.8) is 0 Å². The quantitative estimate of drug-likeness (QED) is 0.545. The molecule has 5 heteroatoms. The van der Waals surface area contributed by atoms with Gasteiger partial charge in [0.2, 0.25) is 6.08 Å². The van der Waals surface area contributed by atoms with Gasteiger partial charge in [-0.05, 0) is 6.07 Å². The van der Waals surface area contributed by atoms with E-state index in [1.54, 1.807) is 0 Å². The van der Waals surface area contributed by atoms with Crippen molar-refractivity contribution < 1.29 is 13.9 Å². The molecule has 1 aromatic rings. The average Bonchev–Trinajstić information content (AvgIpc) is 2.10. The van der Waals surface area contributed by atoms with Gasteiger partial charge in [-0.25, -0.2) is 9.18 Å². The minimum absolute atomic E-state index is 0.129. The van der Waals surface area contributed by atoms with Gasteiger partial charge in [0.1, 0.15) is 11.4 Å². The molecule has 0 aromatic heterocycles. The first-order valence-electron chi connectivity index (χ1n) is 3.30. The van der Waals surface area contributed by atoms with E-state index < -0.39 is 5.82 Å². The van der Waals surface area contributed by atoms with Crippen molar-refractivity contribution in [1.29, 1.82) is 0 Å². The molecule has 13 heavy (non-hydrogen) atoms. The molecular weight excluding hydrogens is 197 g/mol. The number of carbonyl (C=O) groups excluding carboxylic acids is 1. The highest BCUT2D eigenvalue weighted by Crippen LogP contribution is 2.31. The van der Waals surface area contributed by atoms with Crippen LogP contribution in [0.2, 0.25) is 5.02 Å². The summed E-state index contributed by atoms with van der Waals surface area (Å²) in [6.07, 6.45) is 1.23. The monoisotopic (exact) mass is 201 g/mol. The lowest BCUT2D eigenvalue weighted by molar-refractivity contribution is 0.414. The first-order valence-corrected chi connectivity index (χ1v) is 3.67. The maximum Gasteiger partial charge on any atom is 0.240 e. The minimum atomic E-state index is -0.686. The van der Waals surface area contributed by atoms with Crippen molar-refractivity contribution in [2.24, 2.45) is 4.99 Å². The highest BCUT2D eigenvalue weighted by Gasteiger charge is 2.07. The summed E-state index contributed by atoms with van der Waals surface area (Å²) in [6, 6.07) is 2.25. The van der Waals surface area contributed by atoms with E-state index in [2.05, 4.69) is 4.99 Å². The Labute approximate surface area is 78.8 Å². The number of rotatable bonds is 2. The van der Waals surface area contributed by atoms with Gasteiger partial charge in [-0.15, -0.1) is 0 Å². The van der Waals surface area contributed by atoms with Crippen LogP contribution in [-0.2, 0) is 4.79 Å². The molecule has 1 aromatic carbocycles. The maximum atomic E-state index is 12.9. The Morgan fingerprint density at radius 2 is 2.31 bits per heavy atom. The van der Waals surface area contributed by atoms with Crippen LogP contribution in [0.1, 0.15) is 0 Å². The van der Waals surface area contributed by atoms with Crippen molar-refractivity contribution >= 4 is 23.4 Å². The van der Waals surface area contributed by atoms with Crippen LogP contribution in [-0.4, -0.2) is 13.2 Å². The Balaban J connectivity index is 3.29. The first kappa shape index (κ1) is 9.71. The molecule has 0 aliphatic rings. The van der Waals surface area contributed by atoms with E-state index in [9.17, 15) is 9.18 Å². The smallest absolute Gasteiger partial charge is 0.240 e. The van der Waals surface area contributed by atoms with E-state index in [0.29, 0.717) is 0 Å². The van der Waals surface area contributed by atoms with Crippen LogP contribution >= 0.6 is 11.6 Å². The van der Waals surface area contributed by atoms with Gasteiger partial charge in [0.25, 0.3) is 0 Å². The van der Waals surface area contributed by atoms with E-state index in [0.717, 1.165) is 6.07 Å². The van der Waals surface area contributed by atoms with Crippen molar-refractivity contribution in [3.05, 3.63) is 23.0 Å². The van der Waals surface area contributed by atoms with Crippen LogP contribution in [0.4, 0.5) is 10.1 Å². The molecule has 0 bridgehead atoms. The fourth-order valence-electron chi connectivity index (χ4n) is 0.810. The van der Waals surface area contributed by atoms with Crippen molar-refractivity contribution in [2.45, 2.75) is 0 Å². The summed E-state index contributed by atoms with van der Waals surface area (Å²) in [6.45, 7) is 0. The highest BCUT2D eigenvalue weighted by atomic mass is 35.5. The molecular formula is C8H5ClFNO2. The van der Waals surface area contributed by atoms with Crippen LogP contribution < -0.4 is 4.74 Å². The zero-order chi connectivity index (χ0) is 9.84. The van der Waals surface area contributed by atoms with Gasteiger partial charge in [-0.2, -0.15) is 4.99 Å². The minimum Gasteiger partial charge on any atom is -0.495 e. The molecule has 0 aliphatic carbocycles. The zero-order valence-corrected chi connectivity index (χ0v) is 7.43. The summed E-state index contributed by atoms with van der Waals surface area (Å²) in [4.78, 5) is 13.0. The number of nitrogens with zero attached hydrogens (tertiary/aromatic N) is 1. The maximum absolute atomic E-state index is 12.9. The molecule has 0 saturated carbocycles. The van der Waals surface area contributed by atoms with Crippen molar-refractivity contribution in [1.82, 2.24) is 0 Å². The summed E-state index contributed by atoms with van der Waals surface area (Å²) in [5.74, 6) is -0.425. The molecule has 68 valence electrons. The van der Waals surface area contributed by atoms with Gasteiger partial charge >= 0.3 is 0 Å². The Hall–Kier alpha value is -1.38. The Bertz CT molecular complexity index is 375. The van der Waals surface area contributed by atoms with E-state index >= 15 is 0 Å². The topological polar surface area (TPSA) is 38.7 Å². The second-order valence-electron chi connectivity index (χ2n) is 2.14. The Kier molecular flexibility index (Phi) is 3.01. The van der Waals surface area contributed by atoms with E-state index in [4.69, 9.17) is 16.3 Å². The van der Waals surface area contributed by atoms with Gasteiger partial charge in [0, 0.05) is 6.07 Å². The first-order chi connectivity index (χ1) is 6.19. The van der Waals surface area contributed by atoms with Crippen LogP contribution in [0.15, 0.2) is 17.1 Å². The largest absolute Gasteiger partial charge is 0.495 e. The summed E-state index contributed by atoms with van der Waals surface area (Å²) < 4.78 is 17.7. The lowest BCUT2D eigenvalue weighted by Gasteiger charge is -2.03. The molecule has 3 nitrogen and oxygen atoms in total. The third kappa shape index (κ3) is 2.05. The summed E-state index contributed by atoms with van der Waals surface area (Å²) in [5, 5.41) is 0.129. The number of ether oxygens (including phenoxy) is 1. The Morgan fingerprint density at radius 3 is 2.85 bits per heavy atom. The predicted molar refractivity (Wildman–Crippen MR) is 45.7 cm³/mol. The molecule has 0 N–H and O–H groups in total. The van der Waals surface area contributed by atoms with Crippen LogP contribution in [0.25, 0.3) is 0 Å². The SMILES string of the molecule is COc1cc(N=C=O)c(F)cc1Cl. The van der Waals surface area contributed by atoms with Gasteiger partial charge in [-0.1, -0.05) is 11.6 Å². The van der Waals surface area contributed by atoms with E-state index in [-0.39, 0.29) is 16.5 Å². The molecule has 1 rings (SSSR count). The molecule has 0 aliphatic heterocycles. The molecule has 0 saturated heterocycles. The molecule has 0 heterocycles. The number of hydrogen-bond donors (Lipinski definition) is 0. The standard InChI is InChI=1S/C8H5ClFNO2/c1-13-8-3-7(11-4-12)6(10)2-5(8)9/h2-3H,1H3. The average molecular weight is 202 g/mol. The third-order valence-electron chi connectivity index (χ3n) is 1.39. The number of methoxy groups -OCH3 is 1. The molecule has 0 amide bonds. The van der Waals surface area contributed by atoms with Crippen molar-refractivity contribution in [2.75, 3.05) is 7.11 Å².